The van der Waals surface area contributed by atoms with E-state index in [2.05, 4.69) is 14.8 Å². The maximum absolute atomic E-state index is 13.1. The minimum Gasteiger partial charge on any atom is -0.466 e. The fourth-order valence-corrected chi connectivity index (χ4v) is 4.45. The zero-order chi connectivity index (χ0) is 18.3. The molecule has 1 unspecified atom stereocenters. The summed E-state index contributed by atoms with van der Waals surface area (Å²) in [6.45, 7) is 8.32. The average molecular weight is 356 g/mol. The van der Waals surface area contributed by atoms with E-state index in [0.717, 1.165) is 73.2 Å². The van der Waals surface area contributed by atoms with E-state index in [9.17, 15) is 4.79 Å². The summed E-state index contributed by atoms with van der Waals surface area (Å²) in [6.07, 6.45) is 6.76. The Kier molecular flexibility index (Phi) is 4.59. The van der Waals surface area contributed by atoms with Crippen molar-refractivity contribution in [2.24, 2.45) is 0 Å². The van der Waals surface area contributed by atoms with Gasteiger partial charge in [-0.05, 0) is 46.5 Å². The number of nitrogens with zero attached hydrogens (tertiary/aromatic N) is 4. The van der Waals surface area contributed by atoms with Crippen LogP contribution in [0.25, 0.3) is 0 Å². The lowest BCUT2D eigenvalue weighted by atomic mass is 9.96. The maximum Gasteiger partial charge on any atom is 0.257 e. The highest BCUT2D eigenvalue weighted by atomic mass is 16.3. The number of aryl methyl sites for hydroxylation is 3. The van der Waals surface area contributed by atoms with Crippen LogP contribution in [0.15, 0.2) is 4.42 Å². The molecule has 0 aromatic carbocycles. The van der Waals surface area contributed by atoms with Crippen LogP contribution in [0.1, 0.15) is 77.1 Å². The summed E-state index contributed by atoms with van der Waals surface area (Å²) >= 11 is 0. The molecule has 1 saturated heterocycles. The van der Waals surface area contributed by atoms with Gasteiger partial charge in [-0.2, -0.15) is 0 Å². The van der Waals surface area contributed by atoms with E-state index in [1.807, 2.05) is 25.7 Å². The summed E-state index contributed by atoms with van der Waals surface area (Å²) in [6, 6.07) is 0. The smallest absolute Gasteiger partial charge is 0.257 e. The van der Waals surface area contributed by atoms with Gasteiger partial charge in [0.1, 0.15) is 23.2 Å². The molecule has 2 aliphatic heterocycles. The predicted molar refractivity (Wildman–Crippen MR) is 98.4 cm³/mol. The standard InChI is InChI=1S/C20H28N4O2/c1-13-14(2)26-15(3)18(13)20(25)23-10-7-8-16(12-23)19-22-21-17-9-5-4-6-11-24(17)19/h16H,4-12H2,1-3H3. The number of carbonyl (C=O) groups excluding carboxylic acids is 1. The molecule has 6 nitrogen and oxygen atoms in total. The lowest BCUT2D eigenvalue weighted by Crippen LogP contribution is -2.40. The summed E-state index contributed by atoms with van der Waals surface area (Å²) < 4.78 is 7.99. The molecule has 2 aromatic heterocycles. The quantitative estimate of drug-likeness (QED) is 0.825. The fourth-order valence-electron chi connectivity index (χ4n) is 4.45. The molecule has 4 rings (SSSR count). The first kappa shape index (κ1) is 17.3. The molecule has 0 spiro atoms. The number of likely N-dealkylation sites (tertiary alicyclic amines) is 1. The Morgan fingerprint density at radius 3 is 2.65 bits per heavy atom. The highest BCUT2D eigenvalue weighted by molar-refractivity contribution is 5.97. The molecule has 2 aromatic rings. The molecule has 0 radical (unpaired) electrons. The normalized spacial score (nSPS) is 20.7. The number of amides is 1. The third-order valence-electron chi connectivity index (χ3n) is 5.99. The second-order valence-electron chi connectivity index (χ2n) is 7.74. The van der Waals surface area contributed by atoms with Gasteiger partial charge in [-0.3, -0.25) is 4.79 Å². The highest BCUT2D eigenvalue weighted by Gasteiger charge is 2.32. The molecule has 6 heteroatoms. The number of rotatable bonds is 2. The molecule has 0 aliphatic carbocycles. The van der Waals surface area contributed by atoms with Crippen LogP contribution in [0.5, 0.6) is 0 Å². The topological polar surface area (TPSA) is 64.2 Å². The van der Waals surface area contributed by atoms with Crippen molar-refractivity contribution < 1.29 is 9.21 Å². The number of piperidine rings is 1. The molecule has 26 heavy (non-hydrogen) atoms. The van der Waals surface area contributed by atoms with Crippen LogP contribution >= 0.6 is 0 Å². The Balaban J connectivity index is 1.57. The van der Waals surface area contributed by atoms with Crippen molar-refractivity contribution in [1.29, 1.82) is 0 Å². The van der Waals surface area contributed by atoms with E-state index in [1.54, 1.807) is 0 Å². The Morgan fingerprint density at radius 1 is 1.04 bits per heavy atom. The van der Waals surface area contributed by atoms with Crippen molar-refractivity contribution >= 4 is 5.91 Å². The Morgan fingerprint density at radius 2 is 1.88 bits per heavy atom. The van der Waals surface area contributed by atoms with Crippen molar-refractivity contribution in [2.75, 3.05) is 13.1 Å². The molecular formula is C20H28N4O2. The van der Waals surface area contributed by atoms with Gasteiger partial charge in [0.2, 0.25) is 0 Å². The second kappa shape index (κ2) is 6.89. The highest BCUT2D eigenvalue weighted by Crippen LogP contribution is 2.30. The predicted octanol–water partition coefficient (Wildman–Crippen LogP) is 3.54. The Labute approximate surface area is 154 Å². The Bertz CT molecular complexity index is 820. The van der Waals surface area contributed by atoms with Gasteiger partial charge < -0.3 is 13.9 Å². The van der Waals surface area contributed by atoms with E-state index < -0.39 is 0 Å². The van der Waals surface area contributed by atoms with Crippen molar-refractivity contribution in [2.45, 2.75) is 71.8 Å². The van der Waals surface area contributed by atoms with Crippen molar-refractivity contribution in [3.05, 3.63) is 34.3 Å². The summed E-state index contributed by atoms with van der Waals surface area (Å²) in [5.74, 6) is 4.14. The van der Waals surface area contributed by atoms with E-state index in [-0.39, 0.29) is 11.8 Å². The Hall–Kier alpha value is -2.11. The minimum atomic E-state index is 0.0946. The van der Waals surface area contributed by atoms with Gasteiger partial charge in [0.05, 0.1) is 5.56 Å². The third-order valence-corrected chi connectivity index (χ3v) is 5.99. The zero-order valence-electron chi connectivity index (χ0n) is 16.0. The molecular weight excluding hydrogens is 328 g/mol. The van der Waals surface area contributed by atoms with Crippen LogP contribution < -0.4 is 0 Å². The van der Waals surface area contributed by atoms with Crippen molar-refractivity contribution in [3.63, 3.8) is 0 Å². The van der Waals surface area contributed by atoms with Crippen LogP contribution in [0.4, 0.5) is 0 Å². The average Bonchev–Trinajstić information content (AvgIpc) is 3.04. The molecule has 2 aliphatic rings. The van der Waals surface area contributed by atoms with Gasteiger partial charge in [0.15, 0.2) is 0 Å². The van der Waals surface area contributed by atoms with Gasteiger partial charge in [-0.1, -0.05) is 6.42 Å². The van der Waals surface area contributed by atoms with Gasteiger partial charge >= 0.3 is 0 Å². The first-order valence-electron chi connectivity index (χ1n) is 9.84. The van der Waals surface area contributed by atoms with Crippen LogP contribution in [0, 0.1) is 20.8 Å². The van der Waals surface area contributed by atoms with Crippen LogP contribution in [-0.2, 0) is 13.0 Å². The van der Waals surface area contributed by atoms with Gasteiger partial charge in [0, 0.05) is 37.5 Å². The lowest BCUT2D eigenvalue weighted by Gasteiger charge is -2.32. The van der Waals surface area contributed by atoms with Crippen LogP contribution in [0.3, 0.4) is 0 Å². The van der Waals surface area contributed by atoms with E-state index in [4.69, 9.17) is 4.42 Å². The molecule has 0 bridgehead atoms. The van der Waals surface area contributed by atoms with Gasteiger partial charge in [-0.25, -0.2) is 0 Å². The van der Waals surface area contributed by atoms with Crippen LogP contribution in [0.2, 0.25) is 0 Å². The SMILES string of the molecule is Cc1oc(C)c(C(=O)N2CCCC(c3nnc4n3CCCCC4)C2)c1C. The molecule has 1 amide bonds. The number of fused-ring (bicyclic) bond motifs is 1. The third kappa shape index (κ3) is 2.95. The number of hydrogen-bond donors (Lipinski definition) is 0. The van der Waals surface area contributed by atoms with E-state index >= 15 is 0 Å². The summed E-state index contributed by atoms with van der Waals surface area (Å²) in [5, 5.41) is 8.97. The van der Waals surface area contributed by atoms with E-state index in [1.165, 1.54) is 19.3 Å². The van der Waals surface area contributed by atoms with Gasteiger partial charge in [-0.15, -0.1) is 10.2 Å². The molecule has 140 valence electrons. The first-order chi connectivity index (χ1) is 12.6. The molecule has 0 N–H and O–H groups in total. The van der Waals surface area contributed by atoms with Crippen molar-refractivity contribution in [3.8, 4) is 0 Å². The molecule has 0 saturated carbocycles. The number of carbonyl (C=O) groups is 1. The minimum absolute atomic E-state index is 0.0946. The maximum atomic E-state index is 13.1. The number of aromatic nitrogens is 3. The van der Waals surface area contributed by atoms with Crippen molar-refractivity contribution in [1.82, 2.24) is 19.7 Å². The molecule has 1 fully saturated rings. The van der Waals surface area contributed by atoms with Crippen LogP contribution in [-0.4, -0.2) is 38.7 Å². The first-order valence-corrected chi connectivity index (χ1v) is 9.84. The lowest BCUT2D eigenvalue weighted by molar-refractivity contribution is 0.0700. The summed E-state index contributed by atoms with van der Waals surface area (Å²) in [5.41, 5.74) is 1.70. The summed E-state index contributed by atoms with van der Waals surface area (Å²) in [4.78, 5) is 15.1. The summed E-state index contributed by atoms with van der Waals surface area (Å²) in [7, 11) is 0. The molecule has 1 atom stereocenters. The number of hydrogen-bond acceptors (Lipinski definition) is 4. The van der Waals surface area contributed by atoms with Gasteiger partial charge in [0.25, 0.3) is 5.91 Å². The second-order valence-corrected chi connectivity index (χ2v) is 7.74. The van der Waals surface area contributed by atoms with E-state index in [0.29, 0.717) is 0 Å². The monoisotopic (exact) mass is 356 g/mol. The largest absolute Gasteiger partial charge is 0.466 e. The zero-order valence-corrected chi connectivity index (χ0v) is 16.0. The molecule has 4 heterocycles. The number of furan rings is 1. The fraction of sp³-hybridized carbons (Fsp3) is 0.650.